The molecule has 140 valence electrons. The largest absolute Gasteiger partial charge is 0.466 e. The molecular formula is C16H10F3N3O3S2. The van der Waals surface area contributed by atoms with Gasteiger partial charge in [-0.25, -0.2) is 4.79 Å². The van der Waals surface area contributed by atoms with E-state index in [1.165, 1.54) is 19.4 Å². The molecule has 1 N–H and O–H groups in total. The minimum absolute atomic E-state index is 0.0494. The second-order valence-electron chi connectivity index (χ2n) is 5.11. The number of hydrogen-bond donors (Lipinski definition) is 1. The number of nitrogens with zero attached hydrogens (tertiary/aromatic N) is 2. The van der Waals surface area contributed by atoms with Gasteiger partial charge in [0, 0.05) is 27.1 Å². The van der Waals surface area contributed by atoms with E-state index < -0.39 is 23.6 Å². The molecule has 1 saturated heterocycles. The molecular weight excluding hydrogens is 403 g/mol. The number of ether oxygens (including phenoxy) is 1. The van der Waals surface area contributed by atoms with Crippen molar-refractivity contribution in [1.82, 2.24) is 5.32 Å². The zero-order valence-corrected chi connectivity index (χ0v) is 15.2. The summed E-state index contributed by atoms with van der Waals surface area (Å²) in [7, 11) is 1.18. The summed E-state index contributed by atoms with van der Waals surface area (Å²) in [5.41, 5.74) is -0.478. The highest BCUT2D eigenvalue weighted by atomic mass is 32.2. The molecule has 0 atom stereocenters. The molecule has 0 unspecified atom stereocenters. The molecule has 0 aliphatic carbocycles. The Kier molecular flexibility index (Phi) is 5.33. The number of amides is 1. The molecule has 1 aromatic carbocycles. The van der Waals surface area contributed by atoms with Gasteiger partial charge in [-0.15, -0.1) is 16.4 Å². The van der Waals surface area contributed by atoms with Crippen LogP contribution in [0.5, 0.6) is 0 Å². The van der Waals surface area contributed by atoms with Crippen LogP contribution in [0.2, 0.25) is 0 Å². The Labute approximate surface area is 158 Å². The summed E-state index contributed by atoms with van der Waals surface area (Å²) in [4.78, 5) is 23.0. The van der Waals surface area contributed by atoms with Crippen molar-refractivity contribution in [3.05, 3.63) is 45.7 Å². The summed E-state index contributed by atoms with van der Waals surface area (Å²) in [6.45, 7) is 0. The molecule has 11 heteroatoms. The summed E-state index contributed by atoms with van der Waals surface area (Å²) in [5.74, 6) is -1.24. The van der Waals surface area contributed by atoms with Crippen molar-refractivity contribution in [2.75, 3.05) is 7.11 Å². The van der Waals surface area contributed by atoms with Crippen LogP contribution in [0.1, 0.15) is 11.1 Å². The average Bonchev–Trinajstić information content (AvgIpc) is 3.19. The van der Waals surface area contributed by atoms with Crippen LogP contribution in [0.15, 0.2) is 44.8 Å². The van der Waals surface area contributed by atoms with Gasteiger partial charge in [-0.3, -0.25) is 10.1 Å². The molecule has 3 rings (SSSR count). The lowest BCUT2D eigenvalue weighted by Crippen LogP contribution is -2.19. The van der Waals surface area contributed by atoms with Gasteiger partial charge in [0.05, 0.1) is 23.8 Å². The molecule has 0 saturated carbocycles. The lowest BCUT2D eigenvalue weighted by molar-refractivity contribution is -0.136. The fourth-order valence-electron chi connectivity index (χ4n) is 2.22. The monoisotopic (exact) mass is 413 g/mol. The van der Waals surface area contributed by atoms with E-state index in [0.29, 0.717) is 4.70 Å². The Morgan fingerprint density at radius 3 is 2.81 bits per heavy atom. The second kappa shape index (κ2) is 7.53. The van der Waals surface area contributed by atoms with Crippen molar-refractivity contribution in [1.29, 1.82) is 0 Å². The summed E-state index contributed by atoms with van der Waals surface area (Å²) in [6.07, 6.45) is -2.28. The predicted molar refractivity (Wildman–Crippen MR) is 97.7 cm³/mol. The normalized spacial score (nSPS) is 18.0. The molecule has 0 radical (unpaired) electrons. The number of alkyl halides is 3. The van der Waals surface area contributed by atoms with Crippen LogP contribution >= 0.6 is 23.1 Å². The Balaban J connectivity index is 1.86. The summed E-state index contributed by atoms with van der Waals surface area (Å²) in [6, 6.07) is 4.71. The maximum atomic E-state index is 13.2. The number of nitrogens with one attached hydrogen (secondary N) is 1. The number of carbonyl (C=O) groups is 2. The smallest absolute Gasteiger partial charge is 0.417 e. The minimum atomic E-state index is -4.48. The number of halogens is 3. The van der Waals surface area contributed by atoms with Gasteiger partial charge >= 0.3 is 12.1 Å². The molecule has 2 aromatic rings. The molecule has 0 spiro atoms. The van der Waals surface area contributed by atoms with E-state index in [2.05, 4.69) is 20.3 Å². The highest BCUT2D eigenvalue weighted by Gasteiger charge is 2.34. The third kappa shape index (κ3) is 4.19. The molecule has 1 aliphatic heterocycles. The zero-order chi connectivity index (χ0) is 19.6. The number of fused-ring (bicyclic) bond motifs is 1. The predicted octanol–water partition coefficient (Wildman–Crippen LogP) is 3.53. The number of benzene rings is 1. The number of methoxy groups -OCH3 is 1. The molecule has 1 aliphatic rings. The first-order valence-corrected chi connectivity index (χ1v) is 8.96. The molecule has 1 fully saturated rings. The van der Waals surface area contributed by atoms with Crippen molar-refractivity contribution in [2.45, 2.75) is 6.18 Å². The number of thiophene rings is 1. The van der Waals surface area contributed by atoms with Gasteiger partial charge in [-0.2, -0.15) is 18.3 Å². The van der Waals surface area contributed by atoms with Crippen molar-refractivity contribution >= 4 is 56.4 Å². The molecule has 0 bridgehead atoms. The molecule has 6 nitrogen and oxygen atoms in total. The first-order chi connectivity index (χ1) is 12.8. The Morgan fingerprint density at radius 1 is 1.33 bits per heavy atom. The van der Waals surface area contributed by atoms with Crippen molar-refractivity contribution in [3.63, 3.8) is 0 Å². The van der Waals surface area contributed by atoms with Gasteiger partial charge in [-0.05, 0) is 17.8 Å². The molecule has 1 aromatic heterocycles. The van der Waals surface area contributed by atoms with Gasteiger partial charge in [0.1, 0.15) is 0 Å². The minimum Gasteiger partial charge on any atom is -0.466 e. The fourth-order valence-corrected chi connectivity index (χ4v) is 3.95. The number of hydrogen-bond acceptors (Lipinski definition) is 7. The molecule has 1 amide bonds. The van der Waals surface area contributed by atoms with Crippen molar-refractivity contribution < 1.29 is 27.5 Å². The number of thioether (sulfide) groups is 1. The Hall–Kier alpha value is -2.66. The van der Waals surface area contributed by atoms with E-state index in [-0.39, 0.29) is 21.0 Å². The van der Waals surface area contributed by atoms with E-state index in [1.54, 1.807) is 12.1 Å². The van der Waals surface area contributed by atoms with E-state index >= 15 is 0 Å². The van der Waals surface area contributed by atoms with Crippen LogP contribution in [0.3, 0.4) is 0 Å². The van der Waals surface area contributed by atoms with Crippen molar-refractivity contribution in [3.8, 4) is 0 Å². The van der Waals surface area contributed by atoms with Crippen LogP contribution in [-0.4, -0.2) is 30.4 Å². The number of carbonyl (C=O) groups excluding carboxylic acids is 2. The Morgan fingerprint density at radius 2 is 2.11 bits per heavy atom. The third-order valence-electron chi connectivity index (χ3n) is 3.38. The first-order valence-electron chi connectivity index (χ1n) is 7.27. The Bertz CT molecular complexity index is 1010. The lowest BCUT2D eigenvalue weighted by atomic mass is 10.1. The van der Waals surface area contributed by atoms with E-state index in [1.807, 2.05) is 0 Å². The van der Waals surface area contributed by atoms with Crippen molar-refractivity contribution in [2.24, 2.45) is 10.2 Å². The maximum absolute atomic E-state index is 13.2. The van der Waals surface area contributed by atoms with Gasteiger partial charge in [-0.1, -0.05) is 12.1 Å². The highest BCUT2D eigenvalue weighted by Crippen LogP contribution is 2.39. The highest BCUT2D eigenvalue weighted by molar-refractivity contribution is 8.18. The van der Waals surface area contributed by atoms with E-state index in [0.717, 1.165) is 34.6 Å². The van der Waals surface area contributed by atoms with Gasteiger partial charge in [0.15, 0.2) is 5.17 Å². The lowest BCUT2D eigenvalue weighted by Gasteiger charge is -2.06. The number of rotatable bonds is 3. The third-order valence-corrected chi connectivity index (χ3v) is 5.23. The van der Waals surface area contributed by atoms with E-state index in [4.69, 9.17) is 0 Å². The number of amidine groups is 1. The van der Waals surface area contributed by atoms with Crippen LogP contribution in [-0.2, 0) is 20.5 Å². The van der Waals surface area contributed by atoms with Crippen LogP contribution in [0.25, 0.3) is 10.1 Å². The van der Waals surface area contributed by atoms with Crippen LogP contribution in [0, 0.1) is 0 Å². The topological polar surface area (TPSA) is 80.1 Å². The first kappa shape index (κ1) is 19.1. The summed E-state index contributed by atoms with van der Waals surface area (Å²) in [5, 5.41) is 11.1. The van der Waals surface area contributed by atoms with Crippen LogP contribution in [0.4, 0.5) is 13.2 Å². The van der Waals surface area contributed by atoms with Crippen LogP contribution < -0.4 is 5.32 Å². The van der Waals surface area contributed by atoms with Gasteiger partial charge in [0.2, 0.25) is 0 Å². The average molecular weight is 413 g/mol. The maximum Gasteiger partial charge on any atom is 0.417 e. The van der Waals surface area contributed by atoms with Gasteiger partial charge in [0.25, 0.3) is 5.91 Å². The SMILES string of the molecule is COC(=O)/C=C1/S/C(=N\N=Cc2cccc3scc(C(F)(F)F)c23)NC1=O. The summed E-state index contributed by atoms with van der Waals surface area (Å²) >= 11 is 1.86. The quantitative estimate of drug-likeness (QED) is 0.361. The molecule has 27 heavy (non-hydrogen) atoms. The van der Waals surface area contributed by atoms with Gasteiger partial charge < -0.3 is 4.74 Å². The fraction of sp³-hybridized carbons (Fsp3) is 0.125. The molecule has 2 heterocycles. The second-order valence-corrected chi connectivity index (χ2v) is 7.05. The van der Waals surface area contributed by atoms with E-state index in [9.17, 15) is 22.8 Å². The zero-order valence-electron chi connectivity index (χ0n) is 13.5. The number of esters is 1. The summed E-state index contributed by atoms with van der Waals surface area (Å²) < 4.78 is 44.4. The standard InChI is InChI=1S/C16H10F3N3O3S2/c1-25-12(23)5-11-14(24)21-15(27-11)22-20-6-8-3-2-4-10-13(8)9(7-26-10)16(17,18)19/h2-7H,1H3,(H,21,22,24)/b11-5+,20-6?.